The molecule has 98 valence electrons. The van der Waals surface area contributed by atoms with E-state index in [1.807, 2.05) is 6.92 Å². The van der Waals surface area contributed by atoms with Gasteiger partial charge in [-0.1, -0.05) is 26.3 Å². The van der Waals surface area contributed by atoms with Crippen LogP contribution in [0.4, 0.5) is 0 Å². The lowest BCUT2D eigenvalue weighted by molar-refractivity contribution is -0.146. The second-order valence-corrected chi connectivity index (χ2v) is 6.74. The maximum Gasteiger partial charge on any atom is 0.306 e. The van der Waals surface area contributed by atoms with Crippen molar-refractivity contribution >= 4 is 5.97 Å². The van der Waals surface area contributed by atoms with Crippen LogP contribution in [0.1, 0.15) is 53.4 Å². The molecule has 0 amide bonds. The van der Waals surface area contributed by atoms with E-state index in [0.717, 1.165) is 31.3 Å². The van der Waals surface area contributed by atoms with Crippen LogP contribution >= 0.6 is 0 Å². The molecule has 0 aliphatic heterocycles. The highest BCUT2D eigenvalue weighted by molar-refractivity contribution is 5.70. The third kappa shape index (κ3) is 3.86. The van der Waals surface area contributed by atoms with Crippen LogP contribution in [0.2, 0.25) is 0 Å². The lowest BCUT2D eigenvalue weighted by Crippen LogP contribution is -2.35. The predicted octanol–water partition coefficient (Wildman–Crippen LogP) is 4.12. The van der Waals surface area contributed by atoms with Crippen molar-refractivity contribution in [3.05, 3.63) is 12.2 Å². The fourth-order valence-corrected chi connectivity index (χ4v) is 3.05. The predicted molar refractivity (Wildman–Crippen MR) is 70.8 cm³/mol. The van der Waals surface area contributed by atoms with Crippen molar-refractivity contribution in [1.29, 1.82) is 0 Å². The van der Waals surface area contributed by atoms with Crippen LogP contribution in [-0.2, 0) is 4.79 Å². The summed E-state index contributed by atoms with van der Waals surface area (Å²) >= 11 is 0. The molecule has 1 aliphatic rings. The highest BCUT2D eigenvalue weighted by Gasteiger charge is 2.38. The van der Waals surface area contributed by atoms with Gasteiger partial charge in [0.15, 0.2) is 0 Å². The van der Waals surface area contributed by atoms with Crippen LogP contribution in [0.5, 0.6) is 0 Å². The molecule has 1 rings (SSSR count). The van der Waals surface area contributed by atoms with Crippen molar-refractivity contribution in [1.82, 2.24) is 0 Å². The number of carbonyl (C=O) groups is 1. The zero-order valence-electron chi connectivity index (χ0n) is 11.6. The first-order chi connectivity index (χ1) is 7.71. The van der Waals surface area contributed by atoms with Crippen molar-refractivity contribution in [2.75, 3.05) is 0 Å². The molecule has 1 N–H and O–H groups in total. The Balaban J connectivity index is 2.76. The van der Waals surface area contributed by atoms with Crippen LogP contribution < -0.4 is 0 Å². The van der Waals surface area contributed by atoms with Gasteiger partial charge in [-0.2, -0.15) is 0 Å². The van der Waals surface area contributed by atoms with E-state index in [0.29, 0.717) is 5.92 Å². The van der Waals surface area contributed by atoms with Gasteiger partial charge in [0, 0.05) is 0 Å². The minimum absolute atomic E-state index is 0.162. The normalized spacial score (nSPS) is 30.0. The first-order valence-corrected chi connectivity index (χ1v) is 6.59. The van der Waals surface area contributed by atoms with Crippen LogP contribution in [0.15, 0.2) is 12.2 Å². The van der Waals surface area contributed by atoms with Crippen LogP contribution in [0.3, 0.4) is 0 Å². The number of allylic oxidation sites excluding steroid dienone is 1. The van der Waals surface area contributed by atoms with Crippen LogP contribution in [0, 0.1) is 23.2 Å². The van der Waals surface area contributed by atoms with Gasteiger partial charge in [-0.05, 0) is 49.9 Å². The third-order valence-corrected chi connectivity index (χ3v) is 4.14. The van der Waals surface area contributed by atoms with E-state index in [1.165, 1.54) is 0 Å². The maximum atomic E-state index is 11.3. The van der Waals surface area contributed by atoms with E-state index in [2.05, 4.69) is 27.4 Å². The van der Waals surface area contributed by atoms with Gasteiger partial charge >= 0.3 is 5.97 Å². The zero-order valence-corrected chi connectivity index (χ0v) is 11.6. The fraction of sp³-hybridized carbons (Fsp3) is 0.800. The summed E-state index contributed by atoms with van der Waals surface area (Å²) in [5, 5.41) is 9.28. The second-order valence-electron chi connectivity index (χ2n) is 6.74. The van der Waals surface area contributed by atoms with Gasteiger partial charge in [0.25, 0.3) is 0 Å². The van der Waals surface area contributed by atoms with Crippen molar-refractivity contribution in [2.45, 2.75) is 53.4 Å². The van der Waals surface area contributed by atoms with Crippen molar-refractivity contribution in [3.63, 3.8) is 0 Å². The molecule has 0 saturated heterocycles. The smallest absolute Gasteiger partial charge is 0.306 e. The second kappa shape index (κ2) is 5.24. The number of aliphatic carboxylic acids is 1. The van der Waals surface area contributed by atoms with Crippen molar-refractivity contribution in [2.24, 2.45) is 23.2 Å². The largest absolute Gasteiger partial charge is 0.481 e. The van der Waals surface area contributed by atoms with E-state index in [1.54, 1.807) is 0 Å². The Morgan fingerprint density at radius 1 is 1.35 bits per heavy atom. The van der Waals surface area contributed by atoms with Crippen molar-refractivity contribution in [3.8, 4) is 0 Å². The molecule has 1 aliphatic carbocycles. The van der Waals surface area contributed by atoms with Gasteiger partial charge in [-0.25, -0.2) is 0 Å². The molecule has 0 aromatic rings. The minimum Gasteiger partial charge on any atom is -0.481 e. The van der Waals surface area contributed by atoms with Gasteiger partial charge in [0.1, 0.15) is 0 Å². The molecule has 0 heterocycles. The Hall–Kier alpha value is -0.790. The summed E-state index contributed by atoms with van der Waals surface area (Å²) in [7, 11) is 0. The Labute approximate surface area is 105 Å². The van der Waals surface area contributed by atoms with Gasteiger partial charge in [-0.15, -0.1) is 6.58 Å². The standard InChI is InChI=1S/C15H26O2/c1-10(2)8-11-9-12(15(3,4)5)6-7-13(11)14(16)17/h11-13H,1,6-9H2,2-5H3,(H,16,17). The molecule has 3 atom stereocenters. The molecule has 2 heteroatoms. The molecule has 1 saturated carbocycles. The highest BCUT2D eigenvalue weighted by Crippen LogP contribution is 2.44. The minimum atomic E-state index is -0.622. The summed E-state index contributed by atoms with van der Waals surface area (Å²) in [6.07, 6.45) is 3.78. The van der Waals surface area contributed by atoms with E-state index in [9.17, 15) is 9.90 Å². The molecular weight excluding hydrogens is 212 g/mol. The number of rotatable bonds is 3. The Kier molecular flexibility index (Phi) is 4.40. The lowest BCUT2D eigenvalue weighted by atomic mass is 9.64. The molecule has 17 heavy (non-hydrogen) atoms. The van der Waals surface area contributed by atoms with E-state index in [-0.39, 0.29) is 17.3 Å². The Morgan fingerprint density at radius 3 is 2.35 bits per heavy atom. The molecule has 3 unspecified atom stereocenters. The average Bonchev–Trinajstić information content (AvgIpc) is 2.14. The summed E-state index contributed by atoms with van der Waals surface area (Å²) in [6, 6.07) is 0. The summed E-state index contributed by atoms with van der Waals surface area (Å²) in [4.78, 5) is 11.3. The van der Waals surface area contributed by atoms with Gasteiger partial charge in [-0.3, -0.25) is 4.79 Å². The molecule has 2 nitrogen and oxygen atoms in total. The van der Waals surface area contributed by atoms with Gasteiger partial charge < -0.3 is 5.11 Å². The first-order valence-electron chi connectivity index (χ1n) is 6.59. The summed E-state index contributed by atoms with van der Waals surface area (Å²) in [5.41, 5.74) is 1.40. The summed E-state index contributed by atoms with van der Waals surface area (Å²) in [6.45, 7) is 12.7. The third-order valence-electron chi connectivity index (χ3n) is 4.14. The molecule has 0 aromatic carbocycles. The topological polar surface area (TPSA) is 37.3 Å². The lowest BCUT2D eigenvalue weighted by Gasteiger charge is -2.40. The first kappa shape index (κ1) is 14.3. The molecule has 0 radical (unpaired) electrons. The number of carboxylic acids is 1. The van der Waals surface area contributed by atoms with E-state index < -0.39 is 5.97 Å². The SMILES string of the molecule is C=C(C)CC1CC(C(C)(C)C)CCC1C(=O)O. The number of hydrogen-bond donors (Lipinski definition) is 1. The van der Waals surface area contributed by atoms with Gasteiger partial charge in [0.2, 0.25) is 0 Å². The maximum absolute atomic E-state index is 11.3. The highest BCUT2D eigenvalue weighted by atomic mass is 16.4. The quantitative estimate of drug-likeness (QED) is 0.751. The summed E-state index contributed by atoms with van der Waals surface area (Å²) in [5.74, 6) is 0.138. The fourth-order valence-electron chi connectivity index (χ4n) is 3.05. The molecule has 0 aromatic heterocycles. The Bertz CT molecular complexity index is 299. The summed E-state index contributed by atoms with van der Waals surface area (Å²) < 4.78 is 0. The van der Waals surface area contributed by atoms with E-state index in [4.69, 9.17) is 0 Å². The average molecular weight is 238 g/mol. The molecule has 0 bridgehead atoms. The Morgan fingerprint density at radius 2 is 1.94 bits per heavy atom. The number of carboxylic acid groups (broad SMARTS) is 1. The molecule has 1 fully saturated rings. The van der Waals surface area contributed by atoms with Crippen molar-refractivity contribution < 1.29 is 9.90 Å². The van der Waals surface area contributed by atoms with E-state index >= 15 is 0 Å². The van der Waals surface area contributed by atoms with Crippen LogP contribution in [0.25, 0.3) is 0 Å². The van der Waals surface area contributed by atoms with Gasteiger partial charge in [0.05, 0.1) is 5.92 Å². The monoisotopic (exact) mass is 238 g/mol. The number of hydrogen-bond acceptors (Lipinski definition) is 1. The molecular formula is C15H26O2. The zero-order chi connectivity index (χ0) is 13.2. The molecule has 0 spiro atoms. The van der Waals surface area contributed by atoms with Crippen LogP contribution in [-0.4, -0.2) is 11.1 Å².